The first kappa shape index (κ1) is 13.2. The Morgan fingerprint density at radius 1 is 1.17 bits per heavy atom. The molecule has 1 unspecified atom stereocenters. The van der Waals surface area contributed by atoms with Gasteiger partial charge in [0.1, 0.15) is 11.5 Å². The molecule has 1 aromatic carbocycles. The molecule has 0 aliphatic rings. The lowest BCUT2D eigenvalue weighted by atomic mass is 10.0. The number of aryl methyl sites for hydroxylation is 1. The molecule has 0 fully saturated rings. The summed E-state index contributed by atoms with van der Waals surface area (Å²) in [6.45, 7) is 5.06. The van der Waals surface area contributed by atoms with Gasteiger partial charge in [0.15, 0.2) is 0 Å². The molecule has 0 amide bonds. The highest BCUT2D eigenvalue weighted by atomic mass is 35.5. The molecule has 0 aliphatic heterocycles. The molecule has 1 aromatic heterocycles. The average molecular weight is 264 g/mol. The van der Waals surface area contributed by atoms with E-state index in [1.807, 2.05) is 43.3 Å². The molecule has 18 heavy (non-hydrogen) atoms. The van der Waals surface area contributed by atoms with Gasteiger partial charge >= 0.3 is 0 Å². The van der Waals surface area contributed by atoms with Gasteiger partial charge in [0, 0.05) is 5.02 Å². The summed E-state index contributed by atoms with van der Waals surface area (Å²) >= 11 is 5.93. The SMILES string of the molecule is CCCNC(c1ccc(Cl)cc1)c1ccc(C)o1. The number of hydrogen-bond donors (Lipinski definition) is 1. The first-order chi connectivity index (χ1) is 8.70. The van der Waals surface area contributed by atoms with E-state index in [4.69, 9.17) is 16.0 Å². The zero-order valence-corrected chi connectivity index (χ0v) is 11.5. The van der Waals surface area contributed by atoms with Crippen LogP contribution in [-0.2, 0) is 0 Å². The molecule has 2 nitrogen and oxygen atoms in total. The lowest BCUT2D eigenvalue weighted by Gasteiger charge is -2.16. The van der Waals surface area contributed by atoms with Crippen molar-refractivity contribution in [1.29, 1.82) is 0 Å². The minimum atomic E-state index is 0.0934. The maximum atomic E-state index is 5.93. The van der Waals surface area contributed by atoms with E-state index in [1.54, 1.807) is 0 Å². The predicted octanol–water partition coefficient (Wildman–Crippen LogP) is 4.33. The molecule has 1 heterocycles. The number of rotatable bonds is 5. The quantitative estimate of drug-likeness (QED) is 0.869. The Kier molecular flexibility index (Phi) is 4.45. The maximum Gasteiger partial charge on any atom is 0.125 e. The maximum absolute atomic E-state index is 5.93. The van der Waals surface area contributed by atoms with Crippen molar-refractivity contribution in [3.8, 4) is 0 Å². The van der Waals surface area contributed by atoms with Crippen LogP contribution in [0.25, 0.3) is 0 Å². The van der Waals surface area contributed by atoms with E-state index in [1.165, 1.54) is 5.56 Å². The zero-order chi connectivity index (χ0) is 13.0. The van der Waals surface area contributed by atoms with Crippen LogP contribution < -0.4 is 5.32 Å². The molecule has 96 valence electrons. The summed E-state index contributed by atoms with van der Waals surface area (Å²) < 4.78 is 5.73. The summed E-state index contributed by atoms with van der Waals surface area (Å²) in [7, 11) is 0. The topological polar surface area (TPSA) is 25.2 Å². The van der Waals surface area contributed by atoms with Crippen LogP contribution in [0.2, 0.25) is 5.02 Å². The smallest absolute Gasteiger partial charge is 0.125 e. The van der Waals surface area contributed by atoms with E-state index in [0.29, 0.717) is 0 Å². The minimum absolute atomic E-state index is 0.0934. The second-order valence-electron chi connectivity index (χ2n) is 4.39. The molecule has 3 heteroatoms. The Morgan fingerprint density at radius 2 is 1.89 bits per heavy atom. The molecule has 0 spiro atoms. The Balaban J connectivity index is 2.27. The van der Waals surface area contributed by atoms with Crippen molar-refractivity contribution in [2.75, 3.05) is 6.54 Å². The largest absolute Gasteiger partial charge is 0.464 e. The van der Waals surface area contributed by atoms with Crippen molar-refractivity contribution in [3.63, 3.8) is 0 Å². The summed E-state index contributed by atoms with van der Waals surface area (Å²) in [6.07, 6.45) is 1.09. The third-order valence-electron chi connectivity index (χ3n) is 2.85. The lowest BCUT2D eigenvalue weighted by molar-refractivity contribution is 0.430. The molecule has 0 aliphatic carbocycles. The summed E-state index contributed by atoms with van der Waals surface area (Å²) in [5.74, 6) is 1.88. The number of halogens is 1. The summed E-state index contributed by atoms with van der Waals surface area (Å²) in [5, 5.41) is 4.25. The Morgan fingerprint density at radius 3 is 2.44 bits per heavy atom. The number of hydrogen-bond acceptors (Lipinski definition) is 2. The fraction of sp³-hybridized carbons (Fsp3) is 0.333. The minimum Gasteiger partial charge on any atom is -0.464 e. The van der Waals surface area contributed by atoms with E-state index in [2.05, 4.69) is 12.2 Å². The molecule has 0 bridgehead atoms. The Hall–Kier alpha value is -1.25. The zero-order valence-electron chi connectivity index (χ0n) is 10.7. The van der Waals surface area contributed by atoms with Crippen LogP contribution in [0.1, 0.15) is 36.5 Å². The molecule has 1 N–H and O–H groups in total. The van der Waals surface area contributed by atoms with Crippen LogP contribution in [0, 0.1) is 6.92 Å². The van der Waals surface area contributed by atoms with Crippen molar-refractivity contribution in [2.24, 2.45) is 0 Å². The Labute approximate surface area is 113 Å². The monoisotopic (exact) mass is 263 g/mol. The van der Waals surface area contributed by atoms with Crippen LogP contribution in [0.3, 0.4) is 0 Å². The van der Waals surface area contributed by atoms with Gasteiger partial charge in [-0.2, -0.15) is 0 Å². The molecule has 2 aromatic rings. The first-order valence-electron chi connectivity index (χ1n) is 6.26. The fourth-order valence-electron chi connectivity index (χ4n) is 1.94. The number of nitrogens with one attached hydrogen (secondary N) is 1. The molecule has 0 saturated heterocycles. The molecule has 0 radical (unpaired) electrons. The molecular weight excluding hydrogens is 246 g/mol. The van der Waals surface area contributed by atoms with Crippen LogP contribution >= 0.6 is 11.6 Å². The van der Waals surface area contributed by atoms with Gasteiger partial charge in [0.05, 0.1) is 6.04 Å². The third-order valence-corrected chi connectivity index (χ3v) is 3.10. The van der Waals surface area contributed by atoms with Crippen LogP contribution in [0.5, 0.6) is 0 Å². The second kappa shape index (κ2) is 6.07. The van der Waals surface area contributed by atoms with E-state index in [0.717, 1.165) is 29.5 Å². The van der Waals surface area contributed by atoms with Gasteiger partial charge in [-0.3, -0.25) is 0 Å². The normalized spacial score (nSPS) is 12.6. The molecule has 0 saturated carbocycles. The van der Waals surface area contributed by atoms with Crippen molar-refractivity contribution in [3.05, 3.63) is 58.5 Å². The van der Waals surface area contributed by atoms with E-state index in [9.17, 15) is 0 Å². The number of furan rings is 1. The van der Waals surface area contributed by atoms with Gasteiger partial charge in [-0.1, -0.05) is 30.7 Å². The van der Waals surface area contributed by atoms with Crippen molar-refractivity contribution in [2.45, 2.75) is 26.3 Å². The standard InChI is InChI=1S/C15H18ClNO/c1-3-10-17-15(14-9-4-11(2)18-14)12-5-7-13(16)8-6-12/h4-9,15,17H,3,10H2,1-2H3. The summed E-state index contributed by atoms with van der Waals surface area (Å²) in [5.41, 5.74) is 1.17. The second-order valence-corrected chi connectivity index (χ2v) is 4.82. The number of benzene rings is 1. The van der Waals surface area contributed by atoms with Crippen molar-refractivity contribution in [1.82, 2.24) is 5.32 Å². The highest BCUT2D eigenvalue weighted by Crippen LogP contribution is 2.25. The highest BCUT2D eigenvalue weighted by molar-refractivity contribution is 6.30. The predicted molar refractivity (Wildman–Crippen MR) is 75.0 cm³/mol. The van der Waals surface area contributed by atoms with Gasteiger partial charge in [-0.15, -0.1) is 0 Å². The molecule has 1 atom stereocenters. The first-order valence-corrected chi connectivity index (χ1v) is 6.63. The lowest BCUT2D eigenvalue weighted by Crippen LogP contribution is -2.22. The van der Waals surface area contributed by atoms with Gasteiger partial charge in [-0.25, -0.2) is 0 Å². The van der Waals surface area contributed by atoms with Gasteiger partial charge in [0.25, 0.3) is 0 Å². The van der Waals surface area contributed by atoms with E-state index < -0.39 is 0 Å². The van der Waals surface area contributed by atoms with Gasteiger partial charge in [0.2, 0.25) is 0 Å². The molecule has 2 rings (SSSR count). The van der Waals surface area contributed by atoms with Crippen molar-refractivity contribution < 1.29 is 4.42 Å². The van der Waals surface area contributed by atoms with Gasteiger partial charge < -0.3 is 9.73 Å². The van der Waals surface area contributed by atoms with Crippen LogP contribution in [-0.4, -0.2) is 6.54 Å². The summed E-state index contributed by atoms with van der Waals surface area (Å²) in [6, 6.07) is 12.0. The van der Waals surface area contributed by atoms with Gasteiger partial charge in [-0.05, 0) is 49.7 Å². The average Bonchev–Trinajstić information content (AvgIpc) is 2.78. The highest BCUT2D eigenvalue weighted by Gasteiger charge is 2.16. The third kappa shape index (κ3) is 3.15. The fourth-order valence-corrected chi connectivity index (χ4v) is 2.06. The van der Waals surface area contributed by atoms with E-state index in [-0.39, 0.29) is 6.04 Å². The summed E-state index contributed by atoms with van der Waals surface area (Å²) in [4.78, 5) is 0. The Bertz CT molecular complexity index is 489. The molecular formula is C15H18ClNO. The van der Waals surface area contributed by atoms with E-state index >= 15 is 0 Å². The van der Waals surface area contributed by atoms with Crippen LogP contribution in [0.15, 0.2) is 40.8 Å². The van der Waals surface area contributed by atoms with Crippen LogP contribution in [0.4, 0.5) is 0 Å². The van der Waals surface area contributed by atoms with Crippen molar-refractivity contribution >= 4 is 11.6 Å².